The number of hydrogen-bond donors (Lipinski definition) is 1. The molecule has 4 heteroatoms. The number of nitrogens with zero attached hydrogens (tertiary/aromatic N) is 1. The second kappa shape index (κ2) is 3.89. The van der Waals surface area contributed by atoms with Crippen molar-refractivity contribution in [2.45, 2.75) is 6.92 Å². The molecule has 0 unspecified atom stereocenters. The highest BCUT2D eigenvalue weighted by atomic mass is 19.1. The second-order valence-corrected chi connectivity index (χ2v) is 3.54. The second-order valence-electron chi connectivity index (χ2n) is 3.54. The number of rotatable bonds is 1. The summed E-state index contributed by atoms with van der Waals surface area (Å²) in [5.41, 5.74) is 6.18. The molecule has 0 aliphatic heterocycles. The summed E-state index contributed by atoms with van der Waals surface area (Å²) in [6.45, 7) is 1.62. The minimum Gasteiger partial charge on any atom is -0.397 e. The normalized spacial score (nSPS) is 10.4. The zero-order valence-corrected chi connectivity index (χ0v) is 8.67. The van der Waals surface area contributed by atoms with Gasteiger partial charge >= 0.3 is 0 Å². The molecule has 0 spiro atoms. The SMILES string of the molecule is Cc1cccc(-c2ncc(N)cc2F)c1F. The lowest BCUT2D eigenvalue weighted by Crippen LogP contribution is -1.96. The van der Waals surface area contributed by atoms with Crippen LogP contribution in [0.4, 0.5) is 14.5 Å². The molecule has 0 saturated carbocycles. The fourth-order valence-corrected chi connectivity index (χ4v) is 1.48. The molecule has 2 rings (SSSR count). The number of aryl methyl sites for hydroxylation is 1. The Balaban J connectivity index is 2.63. The summed E-state index contributed by atoms with van der Waals surface area (Å²) in [6.07, 6.45) is 1.31. The van der Waals surface area contributed by atoms with Crippen molar-refractivity contribution >= 4 is 5.69 Å². The van der Waals surface area contributed by atoms with Crippen molar-refractivity contribution < 1.29 is 8.78 Å². The first-order valence-electron chi connectivity index (χ1n) is 4.76. The van der Waals surface area contributed by atoms with E-state index >= 15 is 0 Å². The Labute approximate surface area is 91.7 Å². The van der Waals surface area contributed by atoms with Gasteiger partial charge in [0, 0.05) is 11.6 Å². The maximum absolute atomic E-state index is 13.7. The predicted molar refractivity (Wildman–Crippen MR) is 58.7 cm³/mol. The van der Waals surface area contributed by atoms with Crippen molar-refractivity contribution in [3.8, 4) is 11.3 Å². The van der Waals surface area contributed by atoms with Crippen LogP contribution in [0.15, 0.2) is 30.5 Å². The van der Waals surface area contributed by atoms with E-state index in [1.807, 2.05) is 0 Å². The molecular weight excluding hydrogens is 210 g/mol. The third-order valence-corrected chi connectivity index (χ3v) is 2.31. The van der Waals surface area contributed by atoms with Crippen LogP contribution >= 0.6 is 0 Å². The van der Waals surface area contributed by atoms with E-state index in [4.69, 9.17) is 5.73 Å². The van der Waals surface area contributed by atoms with Crippen LogP contribution in [0.1, 0.15) is 5.56 Å². The number of pyridine rings is 1. The Morgan fingerprint density at radius 2 is 2.00 bits per heavy atom. The average Bonchev–Trinajstić information content (AvgIpc) is 2.23. The summed E-state index contributed by atoms with van der Waals surface area (Å²) in [7, 11) is 0. The molecule has 1 heterocycles. The predicted octanol–water partition coefficient (Wildman–Crippen LogP) is 2.92. The van der Waals surface area contributed by atoms with Crippen LogP contribution in [-0.2, 0) is 0 Å². The van der Waals surface area contributed by atoms with Gasteiger partial charge in [0.25, 0.3) is 0 Å². The van der Waals surface area contributed by atoms with Gasteiger partial charge in [-0.25, -0.2) is 8.78 Å². The van der Waals surface area contributed by atoms with Crippen LogP contribution in [0.5, 0.6) is 0 Å². The summed E-state index contributed by atoms with van der Waals surface area (Å²) in [6, 6.07) is 5.90. The summed E-state index contributed by atoms with van der Waals surface area (Å²) in [5, 5.41) is 0. The lowest BCUT2D eigenvalue weighted by Gasteiger charge is -2.06. The summed E-state index contributed by atoms with van der Waals surface area (Å²) < 4.78 is 27.3. The standard InChI is InChI=1S/C12H10F2N2/c1-7-3-2-4-9(11(7)14)12-10(13)5-8(15)6-16-12/h2-6H,15H2,1H3. The van der Waals surface area contributed by atoms with E-state index in [1.165, 1.54) is 12.3 Å². The number of aromatic nitrogens is 1. The molecule has 0 saturated heterocycles. The number of benzene rings is 1. The van der Waals surface area contributed by atoms with Gasteiger partial charge in [-0.15, -0.1) is 0 Å². The first-order valence-corrected chi connectivity index (χ1v) is 4.76. The number of anilines is 1. The van der Waals surface area contributed by atoms with Crippen LogP contribution in [0.25, 0.3) is 11.3 Å². The highest BCUT2D eigenvalue weighted by Crippen LogP contribution is 2.25. The quantitative estimate of drug-likeness (QED) is 0.802. The highest BCUT2D eigenvalue weighted by Gasteiger charge is 2.12. The molecule has 0 bridgehead atoms. The van der Waals surface area contributed by atoms with Crippen LogP contribution in [0, 0.1) is 18.6 Å². The van der Waals surface area contributed by atoms with Gasteiger partial charge in [0.1, 0.15) is 11.5 Å². The largest absolute Gasteiger partial charge is 0.397 e. The maximum atomic E-state index is 13.7. The molecule has 0 amide bonds. The van der Waals surface area contributed by atoms with Gasteiger partial charge in [0.05, 0.1) is 11.9 Å². The highest BCUT2D eigenvalue weighted by molar-refractivity contribution is 5.63. The third-order valence-electron chi connectivity index (χ3n) is 2.31. The maximum Gasteiger partial charge on any atom is 0.151 e. The van der Waals surface area contributed by atoms with Crippen molar-refractivity contribution in [1.82, 2.24) is 4.98 Å². The first kappa shape index (κ1) is 10.5. The third kappa shape index (κ3) is 1.74. The molecule has 2 N–H and O–H groups in total. The number of hydrogen-bond acceptors (Lipinski definition) is 2. The molecular formula is C12H10F2N2. The van der Waals surface area contributed by atoms with Crippen molar-refractivity contribution in [3.63, 3.8) is 0 Å². The fraction of sp³-hybridized carbons (Fsp3) is 0.0833. The first-order chi connectivity index (χ1) is 7.59. The van der Waals surface area contributed by atoms with Crippen LogP contribution in [0.2, 0.25) is 0 Å². The van der Waals surface area contributed by atoms with E-state index in [0.29, 0.717) is 5.56 Å². The van der Waals surface area contributed by atoms with Crippen molar-refractivity contribution in [3.05, 3.63) is 47.7 Å². The molecule has 0 radical (unpaired) electrons. The van der Waals surface area contributed by atoms with Crippen molar-refractivity contribution in [1.29, 1.82) is 0 Å². The minimum atomic E-state index is -0.621. The lowest BCUT2D eigenvalue weighted by molar-refractivity contribution is 0.607. The number of nitrogens with two attached hydrogens (primary N) is 1. The topological polar surface area (TPSA) is 38.9 Å². The summed E-state index contributed by atoms with van der Waals surface area (Å²) in [4.78, 5) is 3.81. The minimum absolute atomic E-state index is 0.0181. The molecule has 82 valence electrons. The zero-order chi connectivity index (χ0) is 11.7. The van der Waals surface area contributed by atoms with Gasteiger partial charge < -0.3 is 5.73 Å². The smallest absolute Gasteiger partial charge is 0.151 e. The van der Waals surface area contributed by atoms with Crippen LogP contribution in [-0.4, -0.2) is 4.98 Å². The molecule has 0 fully saturated rings. The van der Waals surface area contributed by atoms with E-state index in [0.717, 1.165) is 6.07 Å². The molecule has 0 aliphatic carbocycles. The van der Waals surface area contributed by atoms with Crippen LogP contribution < -0.4 is 5.73 Å². The van der Waals surface area contributed by atoms with E-state index in [9.17, 15) is 8.78 Å². The van der Waals surface area contributed by atoms with Gasteiger partial charge in [0.15, 0.2) is 5.82 Å². The monoisotopic (exact) mass is 220 g/mol. The summed E-state index contributed by atoms with van der Waals surface area (Å²) in [5.74, 6) is -1.08. The average molecular weight is 220 g/mol. The molecule has 1 aromatic heterocycles. The van der Waals surface area contributed by atoms with E-state index in [1.54, 1.807) is 19.1 Å². The Morgan fingerprint density at radius 1 is 1.25 bits per heavy atom. The lowest BCUT2D eigenvalue weighted by atomic mass is 10.1. The number of nitrogen functional groups attached to an aromatic ring is 1. The summed E-state index contributed by atoms with van der Waals surface area (Å²) >= 11 is 0. The molecule has 0 aliphatic rings. The Kier molecular flexibility index (Phi) is 2.56. The van der Waals surface area contributed by atoms with Crippen molar-refractivity contribution in [2.24, 2.45) is 0 Å². The van der Waals surface area contributed by atoms with Gasteiger partial charge in [0.2, 0.25) is 0 Å². The van der Waals surface area contributed by atoms with E-state index in [2.05, 4.69) is 4.98 Å². The fourth-order valence-electron chi connectivity index (χ4n) is 1.48. The van der Waals surface area contributed by atoms with Gasteiger partial charge in [-0.3, -0.25) is 4.98 Å². The molecule has 16 heavy (non-hydrogen) atoms. The number of halogens is 2. The molecule has 2 nitrogen and oxygen atoms in total. The van der Waals surface area contributed by atoms with Crippen LogP contribution in [0.3, 0.4) is 0 Å². The van der Waals surface area contributed by atoms with E-state index in [-0.39, 0.29) is 16.9 Å². The Bertz CT molecular complexity index is 539. The molecule has 1 aromatic carbocycles. The van der Waals surface area contributed by atoms with Gasteiger partial charge in [-0.1, -0.05) is 12.1 Å². The Hall–Kier alpha value is -1.97. The zero-order valence-electron chi connectivity index (χ0n) is 8.67. The molecule has 0 atom stereocenters. The van der Waals surface area contributed by atoms with Crippen molar-refractivity contribution in [2.75, 3.05) is 5.73 Å². The Morgan fingerprint density at radius 3 is 2.69 bits per heavy atom. The van der Waals surface area contributed by atoms with Gasteiger partial charge in [-0.05, 0) is 18.6 Å². The van der Waals surface area contributed by atoms with E-state index < -0.39 is 11.6 Å². The molecule has 2 aromatic rings. The van der Waals surface area contributed by atoms with Gasteiger partial charge in [-0.2, -0.15) is 0 Å².